The molecule has 2 N–H and O–H groups in total. The van der Waals surface area contributed by atoms with Gasteiger partial charge in [-0.25, -0.2) is 14.0 Å². The van der Waals surface area contributed by atoms with Crippen LogP contribution in [0.2, 0.25) is 0 Å². The summed E-state index contributed by atoms with van der Waals surface area (Å²) in [6.07, 6.45) is 2.22. The van der Waals surface area contributed by atoms with Crippen molar-refractivity contribution >= 4 is 18.1 Å². The third-order valence-corrected chi connectivity index (χ3v) is 5.28. The molecule has 6 heteroatoms. The monoisotopic (exact) mass is 417 g/mol. The van der Waals surface area contributed by atoms with Gasteiger partial charge in [0.05, 0.1) is 5.56 Å². The normalized spacial score (nSPS) is 12.4. The smallest absolute Gasteiger partial charge is 0.407 e. The number of aromatic carboxylic acids is 1. The van der Waals surface area contributed by atoms with Crippen LogP contribution in [-0.2, 0) is 4.74 Å². The number of carbonyl (C=O) groups excluding carboxylic acids is 1. The van der Waals surface area contributed by atoms with Crippen LogP contribution in [0.25, 0.3) is 17.2 Å². The number of rotatable bonds is 6. The fourth-order valence-corrected chi connectivity index (χ4v) is 3.86. The van der Waals surface area contributed by atoms with Crippen LogP contribution in [0.4, 0.5) is 9.18 Å². The van der Waals surface area contributed by atoms with E-state index in [1.165, 1.54) is 30.4 Å². The molecule has 156 valence electrons. The second-order valence-electron chi connectivity index (χ2n) is 7.12. The molecule has 4 rings (SSSR count). The number of alkyl carbamates (subject to hydrolysis) is 1. The van der Waals surface area contributed by atoms with Gasteiger partial charge in [-0.2, -0.15) is 0 Å². The predicted octanol–water partition coefficient (Wildman–Crippen LogP) is 5.08. The fraction of sp³-hybridized carbons (Fsp3) is 0.120. The number of amides is 1. The van der Waals surface area contributed by atoms with E-state index in [0.717, 1.165) is 22.3 Å². The van der Waals surface area contributed by atoms with Crippen LogP contribution in [0, 0.1) is 5.82 Å². The quantitative estimate of drug-likeness (QED) is 0.587. The van der Waals surface area contributed by atoms with Crippen LogP contribution in [0.3, 0.4) is 0 Å². The molecule has 0 radical (unpaired) electrons. The molecule has 0 saturated heterocycles. The van der Waals surface area contributed by atoms with Crippen LogP contribution >= 0.6 is 0 Å². The van der Waals surface area contributed by atoms with Gasteiger partial charge in [-0.3, -0.25) is 0 Å². The second kappa shape index (κ2) is 8.83. The van der Waals surface area contributed by atoms with Crippen LogP contribution in [-0.4, -0.2) is 30.3 Å². The zero-order valence-electron chi connectivity index (χ0n) is 16.5. The van der Waals surface area contributed by atoms with Crippen molar-refractivity contribution in [1.29, 1.82) is 0 Å². The minimum Gasteiger partial charge on any atom is -0.478 e. The topological polar surface area (TPSA) is 75.6 Å². The van der Waals surface area contributed by atoms with Gasteiger partial charge in [-0.1, -0.05) is 66.7 Å². The van der Waals surface area contributed by atoms with E-state index in [-0.39, 0.29) is 30.2 Å². The molecule has 0 atom stereocenters. The summed E-state index contributed by atoms with van der Waals surface area (Å²) in [6, 6.07) is 20.0. The molecule has 0 aliphatic heterocycles. The molecule has 3 aromatic rings. The minimum absolute atomic E-state index is 0.0368. The Morgan fingerprint density at radius 3 is 2.26 bits per heavy atom. The van der Waals surface area contributed by atoms with Crippen molar-refractivity contribution < 1.29 is 23.8 Å². The Morgan fingerprint density at radius 2 is 1.61 bits per heavy atom. The first-order valence-corrected chi connectivity index (χ1v) is 9.83. The highest BCUT2D eigenvalue weighted by atomic mass is 19.1. The Labute approximate surface area is 178 Å². The maximum atomic E-state index is 13.9. The van der Waals surface area contributed by atoms with Crippen molar-refractivity contribution in [2.45, 2.75) is 5.92 Å². The van der Waals surface area contributed by atoms with Gasteiger partial charge < -0.3 is 15.2 Å². The number of carboxylic acid groups (broad SMARTS) is 1. The second-order valence-corrected chi connectivity index (χ2v) is 7.12. The van der Waals surface area contributed by atoms with Gasteiger partial charge in [0.1, 0.15) is 12.4 Å². The number of fused-ring (bicyclic) bond motifs is 3. The first-order valence-electron chi connectivity index (χ1n) is 9.83. The number of benzene rings is 3. The van der Waals surface area contributed by atoms with Gasteiger partial charge in [0.25, 0.3) is 0 Å². The van der Waals surface area contributed by atoms with E-state index < -0.39 is 17.9 Å². The van der Waals surface area contributed by atoms with E-state index in [1.54, 1.807) is 0 Å². The predicted molar refractivity (Wildman–Crippen MR) is 115 cm³/mol. The molecule has 1 aliphatic carbocycles. The molecular weight excluding hydrogens is 397 g/mol. The average molecular weight is 417 g/mol. The van der Waals surface area contributed by atoms with Crippen LogP contribution in [0.1, 0.15) is 33.0 Å². The Kier molecular flexibility index (Phi) is 5.80. The lowest BCUT2D eigenvalue weighted by molar-refractivity contribution is 0.0696. The van der Waals surface area contributed by atoms with Crippen molar-refractivity contribution in [3.63, 3.8) is 0 Å². The molecule has 0 bridgehead atoms. The largest absolute Gasteiger partial charge is 0.478 e. The van der Waals surface area contributed by atoms with Gasteiger partial charge in [-0.05, 0) is 34.4 Å². The van der Waals surface area contributed by atoms with Gasteiger partial charge in [0.15, 0.2) is 0 Å². The third-order valence-electron chi connectivity index (χ3n) is 5.28. The Bertz CT molecular complexity index is 1130. The number of carbonyl (C=O) groups is 2. The summed E-state index contributed by atoms with van der Waals surface area (Å²) in [5.74, 6) is -1.90. The van der Waals surface area contributed by atoms with E-state index in [0.29, 0.717) is 0 Å². The van der Waals surface area contributed by atoms with Crippen molar-refractivity contribution in [3.8, 4) is 11.1 Å². The van der Waals surface area contributed by atoms with Gasteiger partial charge in [0, 0.05) is 18.0 Å². The zero-order chi connectivity index (χ0) is 21.8. The fourth-order valence-electron chi connectivity index (χ4n) is 3.86. The lowest BCUT2D eigenvalue weighted by atomic mass is 9.98. The average Bonchev–Trinajstić information content (AvgIpc) is 3.09. The molecule has 5 nitrogen and oxygen atoms in total. The van der Waals surface area contributed by atoms with Crippen molar-refractivity contribution in [3.05, 3.63) is 101 Å². The summed E-state index contributed by atoms with van der Waals surface area (Å²) in [6.45, 7) is 0.268. The van der Waals surface area contributed by atoms with Gasteiger partial charge in [-0.15, -0.1) is 0 Å². The van der Waals surface area contributed by atoms with Crippen molar-refractivity contribution in [2.75, 3.05) is 13.2 Å². The lowest BCUT2D eigenvalue weighted by Crippen LogP contribution is -2.26. The van der Waals surface area contributed by atoms with E-state index in [9.17, 15) is 14.0 Å². The highest BCUT2D eigenvalue weighted by Gasteiger charge is 2.28. The lowest BCUT2D eigenvalue weighted by Gasteiger charge is -2.14. The molecule has 0 saturated carbocycles. The molecule has 0 unspecified atom stereocenters. The van der Waals surface area contributed by atoms with Gasteiger partial charge in [0.2, 0.25) is 0 Å². The standard InChI is InChI=1S/C25H20FNO4/c26-23-13-5-11-21(24(28)29)20(23)12-6-14-27-25(30)31-15-22-18-9-3-1-7-16(18)17-8-2-4-10-19(17)22/h1-13,22H,14-15H2,(H,27,30)(H,28,29). The maximum absolute atomic E-state index is 13.9. The molecule has 0 spiro atoms. The zero-order valence-corrected chi connectivity index (χ0v) is 16.5. The number of carboxylic acids is 1. The molecule has 1 aliphatic rings. The maximum Gasteiger partial charge on any atom is 0.407 e. The highest BCUT2D eigenvalue weighted by molar-refractivity contribution is 5.92. The highest BCUT2D eigenvalue weighted by Crippen LogP contribution is 2.44. The minimum atomic E-state index is -1.22. The first-order chi connectivity index (χ1) is 15.1. The number of hydrogen-bond donors (Lipinski definition) is 2. The molecule has 0 heterocycles. The third kappa shape index (κ3) is 4.19. The van der Waals surface area contributed by atoms with Crippen LogP contribution in [0.15, 0.2) is 72.8 Å². The number of nitrogens with one attached hydrogen (secondary N) is 1. The van der Waals surface area contributed by atoms with Gasteiger partial charge >= 0.3 is 12.1 Å². The Hall–Kier alpha value is -3.93. The summed E-state index contributed by atoms with van der Waals surface area (Å²) in [5, 5.41) is 11.7. The molecule has 3 aromatic carbocycles. The first kappa shape index (κ1) is 20.3. The van der Waals surface area contributed by atoms with E-state index >= 15 is 0 Å². The Balaban J connectivity index is 1.36. The van der Waals surface area contributed by atoms with Crippen LogP contribution < -0.4 is 5.32 Å². The number of halogens is 1. The van der Waals surface area contributed by atoms with Crippen molar-refractivity contribution in [2.24, 2.45) is 0 Å². The van der Waals surface area contributed by atoms with Crippen LogP contribution in [0.5, 0.6) is 0 Å². The summed E-state index contributed by atoms with van der Waals surface area (Å²) in [5.41, 5.74) is 4.36. The van der Waals surface area contributed by atoms with Crippen molar-refractivity contribution in [1.82, 2.24) is 5.32 Å². The summed E-state index contributed by atoms with van der Waals surface area (Å²) in [7, 11) is 0. The molecular formula is C25H20FNO4. The SMILES string of the molecule is O=C(NCC=Cc1c(F)cccc1C(=O)O)OCC1c2ccccc2-c2ccccc21. The number of ether oxygens (including phenoxy) is 1. The summed E-state index contributed by atoms with van der Waals surface area (Å²) in [4.78, 5) is 23.4. The number of hydrogen-bond acceptors (Lipinski definition) is 3. The van der Waals surface area contributed by atoms with E-state index in [1.807, 2.05) is 36.4 Å². The summed E-state index contributed by atoms with van der Waals surface area (Å²) < 4.78 is 19.3. The molecule has 31 heavy (non-hydrogen) atoms. The Morgan fingerprint density at radius 1 is 0.968 bits per heavy atom. The molecule has 0 fully saturated rings. The molecule has 0 aromatic heterocycles. The van der Waals surface area contributed by atoms with E-state index in [4.69, 9.17) is 9.84 Å². The van der Waals surface area contributed by atoms with E-state index in [2.05, 4.69) is 17.4 Å². The summed E-state index contributed by atoms with van der Waals surface area (Å²) >= 11 is 0. The molecule has 1 amide bonds.